The molecule has 0 unspecified atom stereocenters. The Balaban J connectivity index is 1.80. The zero-order valence-electron chi connectivity index (χ0n) is 10.0. The van der Waals surface area contributed by atoms with Crippen LogP contribution in [0.1, 0.15) is 15.2 Å². The molecule has 0 saturated heterocycles. The van der Waals surface area contributed by atoms with Crippen molar-refractivity contribution in [1.29, 1.82) is 0 Å². The van der Waals surface area contributed by atoms with Gasteiger partial charge in [0.1, 0.15) is 13.2 Å². The average Bonchev–Trinajstić information content (AvgIpc) is 2.83. The standard InChI is InChI=1S/C14H11ClO3S/c15-14-4-2-10(19-14)8-11(16)9-1-3-12-13(7-9)18-6-5-17-12/h1-4,7H,5-6,8H2. The van der Waals surface area contributed by atoms with E-state index in [9.17, 15) is 4.79 Å². The van der Waals surface area contributed by atoms with E-state index in [1.54, 1.807) is 24.3 Å². The zero-order chi connectivity index (χ0) is 13.2. The molecule has 0 amide bonds. The van der Waals surface area contributed by atoms with Gasteiger partial charge in [-0.05, 0) is 30.3 Å². The quantitative estimate of drug-likeness (QED) is 0.812. The molecule has 3 nitrogen and oxygen atoms in total. The second-order valence-electron chi connectivity index (χ2n) is 4.16. The van der Waals surface area contributed by atoms with Gasteiger partial charge in [-0.1, -0.05) is 11.6 Å². The summed E-state index contributed by atoms with van der Waals surface area (Å²) in [5.41, 5.74) is 0.633. The maximum Gasteiger partial charge on any atom is 0.168 e. The number of Topliss-reactive ketones (excluding diaryl/α,β-unsaturated/α-hetero) is 1. The molecular formula is C14H11ClO3S. The molecule has 0 saturated carbocycles. The first-order chi connectivity index (χ1) is 9.22. The summed E-state index contributed by atoms with van der Waals surface area (Å²) in [4.78, 5) is 13.1. The van der Waals surface area contributed by atoms with Gasteiger partial charge < -0.3 is 9.47 Å². The highest BCUT2D eigenvalue weighted by molar-refractivity contribution is 7.16. The monoisotopic (exact) mass is 294 g/mol. The summed E-state index contributed by atoms with van der Waals surface area (Å²) < 4.78 is 11.6. The van der Waals surface area contributed by atoms with Crippen LogP contribution in [0.4, 0.5) is 0 Å². The molecule has 3 rings (SSSR count). The van der Waals surface area contributed by atoms with Crippen LogP contribution in [0.15, 0.2) is 30.3 Å². The van der Waals surface area contributed by atoms with E-state index >= 15 is 0 Å². The predicted molar refractivity (Wildman–Crippen MR) is 74.8 cm³/mol. The van der Waals surface area contributed by atoms with Crippen LogP contribution >= 0.6 is 22.9 Å². The lowest BCUT2D eigenvalue weighted by molar-refractivity contribution is 0.0992. The first-order valence-electron chi connectivity index (χ1n) is 5.89. The topological polar surface area (TPSA) is 35.5 Å². The molecule has 98 valence electrons. The summed E-state index contributed by atoms with van der Waals surface area (Å²) in [7, 11) is 0. The molecule has 0 aliphatic carbocycles. The number of rotatable bonds is 3. The summed E-state index contributed by atoms with van der Waals surface area (Å²) in [6, 6.07) is 8.97. The number of benzene rings is 1. The number of carbonyl (C=O) groups is 1. The molecule has 0 radical (unpaired) electrons. The minimum Gasteiger partial charge on any atom is -0.486 e. The van der Waals surface area contributed by atoms with Crippen molar-refractivity contribution < 1.29 is 14.3 Å². The van der Waals surface area contributed by atoms with Crippen LogP contribution < -0.4 is 9.47 Å². The summed E-state index contributed by atoms with van der Waals surface area (Å²) in [6.07, 6.45) is 0.358. The van der Waals surface area contributed by atoms with E-state index in [0.29, 0.717) is 41.0 Å². The number of halogens is 1. The summed E-state index contributed by atoms with van der Waals surface area (Å²) >= 11 is 7.28. The predicted octanol–water partition coefficient (Wildman–Crippen LogP) is 3.60. The Morgan fingerprint density at radius 1 is 1.16 bits per heavy atom. The molecule has 0 N–H and O–H groups in total. The second kappa shape index (κ2) is 5.23. The van der Waals surface area contributed by atoms with Gasteiger partial charge in [-0.3, -0.25) is 4.79 Å². The molecule has 0 fully saturated rings. The van der Waals surface area contributed by atoms with Crippen LogP contribution in [0.2, 0.25) is 4.34 Å². The van der Waals surface area contributed by atoms with Gasteiger partial charge in [0.2, 0.25) is 0 Å². The Morgan fingerprint density at radius 3 is 2.68 bits per heavy atom. The molecule has 0 atom stereocenters. The maximum atomic E-state index is 12.2. The highest BCUT2D eigenvalue weighted by Crippen LogP contribution is 2.31. The molecule has 0 spiro atoms. The molecule has 2 heterocycles. The molecule has 1 aliphatic rings. The lowest BCUT2D eigenvalue weighted by atomic mass is 10.1. The molecule has 1 aromatic carbocycles. The average molecular weight is 295 g/mol. The minimum absolute atomic E-state index is 0.0514. The fraction of sp³-hybridized carbons (Fsp3) is 0.214. The molecule has 19 heavy (non-hydrogen) atoms. The maximum absolute atomic E-state index is 12.2. The summed E-state index contributed by atoms with van der Waals surface area (Å²) in [5.74, 6) is 1.39. The first kappa shape index (κ1) is 12.5. The first-order valence-corrected chi connectivity index (χ1v) is 7.09. The fourth-order valence-electron chi connectivity index (χ4n) is 1.92. The van der Waals surface area contributed by atoms with Crippen LogP contribution in [-0.4, -0.2) is 19.0 Å². The van der Waals surface area contributed by atoms with Crippen molar-refractivity contribution in [3.8, 4) is 11.5 Å². The minimum atomic E-state index is 0.0514. The molecule has 1 aromatic heterocycles. The largest absolute Gasteiger partial charge is 0.486 e. The van der Waals surface area contributed by atoms with Gasteiger partial charge in [0.05, 0.1) is 4.34 Å². The van der Waals surface area contributed by atoms with Gasteiger partial charge in [-0.15, -0.1) is 11.3 Å². The number of hydrogen-bond donors (Lipinski definition) is 0. The van der Waals surface area contributed by atoms with E-state index in [1.165, 1.54) is 11.3 Å². The third kappa shape index (κ3) is 2.74. The third-order valence-electron chi connectivity index (χ3n) is 2.83. The smallest absolute Gasteiger partial charge is 0.168 e. The Hall–Kier alpha value is -1.52. The van der Waals surface area contributed by atoms with Crippen LogP contribution in [0.25, 0.3) is 0 Å². The lowest BCUT2D eigenvalue weighted by Gasteiger charge is -2.18. The van der Waals surface area contributed by atoms with Crippen molar-refractivity contribution >= 4 is 28.7 Å². The van der Waals surface area contributed by atoms with Crippen molar-refractivity contribution in [2.75, 3.05) is 13.2 Å². The number of hydrogen-bond acceptors (Lipinski definition) is 4. The Bertz CT molecular complexity index is 621. The van der Waals surface area contributed by atoms with E-state index < -0.39 is 0 Å². The summed E-state index contributed by atoms with van der Waals surface area (Å²) in [5, 5.41) is 0. The van der Waals surface area contributed by atoms with E-state index in [2.05, 4.69) is 0 Å². The summed E-state index contributed by atoms with van der Waals surface area (Å²) in [6.45, 7) is 1.07. The number of ketones is 1. The van der Waals surface area contributed by atoms with Gasteiger partial charge >= 0.3 is 0 Å². The van der Waals surface area contributed by atoms with Crippen molar-refractivity contribution in [1.82, 2.24) is 0 Å². The van der Waals surface area contributed by atoms with Crippen molar-refractivity contribution in [3.05, 3.63) is 45.1 Å². The fourth-order valence-corrected chi connectivity index (χ4v) is 3.01. The number of carbonyl (C=O) groups excluding carboxylic acids is 1. The Kier molecular flexibility index (Phi) is 3.44. The van der Waals surface area contributed by atoms with E-state index in [0.717, 1.165) is 4.88 Å². The van der Waals surface area contributed by atoms with Crippen molar-refractivity contribution in [2.24, 2.45) is 0 Å². The van der Waals surface area contributed by atoms with Gasteiger partial charge in [-0.2, -0.15) is 0 Å². The van der Waals surface area contributed by atoms with Gasteiger partial charge in [0.25, 0.3) is 0 Å². The SMILES string of the molecule is O=C(Cc1ccc(Cl)s1)c1ccc2c(c1)OCCO2. The third-order valence-corrected chi connectivity index (χ3v) is 4.06. The molecular weight excluding hydrogens is 284 g/mol. The van der Waals surface area contributed by atoms with Gasteiger partial charge in [0.15, 0.2) is 17.3 Å². The highest BCUT2D eigenvalue weighted by atomic mass is 35.5. The van der Waals surface area contributed by atoms with Gasteiger partial charge in [0, 0.05) is 16.9 Å². The molecule has 0 bridgehead atoms. The lowest BCUT2D eigenvalue weighted by Crippen LogP contribution is -2.16. The van der Waals surface area contributed by atoms with Gasteiger partial charge in [-0.25, -0.2) is 0 Å². The van der Waals surface area contributed by atoms with Crippen LogP contribution in [0, 0.1) is 0 Å². The Morgan fingerprint density at radius 2 is 1.95 bits per heavy atom. The Labute approximate surface area is 119 Å². The van der Waals surface area contributed by atoms with Crippen molar-refractivity contribution in [3.63, 3.8) is 0 Å². The molecule has 2 aromatic rings. The van der Waals surface area contributed by atoms with E-state index in [4.69, 9.17) is 21.1 Å². The van der Waals surface area contributed by atoms with Crippen molar-refractivity contribution in [2.45, 2.75) is 6.42 Å². The number of thiophene rings is 1. The van der Waals surface area contributed by atoms with E-state index in [1.807, 2.05) is 6.07 Å². The van der Waals surface area contributed by atoms with E-state index in [-0.39, 0.29) is 5.78 Å². The molecule has 1 aliphatic heterocycles. The van der Waals surface area contributed by atoms with Crippen LogP contribution in [0.3, 0.4) is 0 Å². The normalized spacial score (nSPS) is 13.3. The molecule has 5 heteroatoms. The zero-order valence-corrected chi connectivity index (χ0v) is 11.6. The number of ether oxygens (including phenoxy) is 2. The van der Waals surface area contributed by atoms with Crippen LogP contribution in [-0.2, 0) is 6.42 Å². The second-order valence-corrected chi connectivity index (χ2v) is 5.96. The van der Waals surface area contributed by atoms with Crippen LogP contribution in [0.5, 0.6) is 11.5 Å². The number of fused-ring (bicyclic) bond motifs is 1. The highest BCUT2D eigenvalue weighted by Gasteiger charge is 2.15.